The van der Waals surface area contributed by atoms with E-state index in [1.54, 1.807) is 19.1 Å². The van der Waals surface area contributed by atoms with Crippen LogP contribution in [0.3, 0.4) is 0 Å². The topological polar surface area (TPSA) is 59.9 Å². The SMILES string of the molecule is CCOC(=O)C1=C(c2ccc(F)cc2)NC(OC)=NC1C(C)C. The number of benzene rings is 1. The van der Waals surface area contributed by atoms with E-state index >= 15 is 0 Å². The molecule has 0 aromatic heterocycles. The van der Waals surface area contributed by atoms with Gasteiger partial charge in [0.25, 0.3) is 6.02 Å². The van der Waals surface area contributed by atoms with Gasteiger partial charge in [0.2, 0.25) is 0 Å². The molecule has 0 bridgehead atoms. The molecule has 6 heteroatoms. The molecule has 1 aliphatic heterocycles. The van der Waals surface area contributed by atoms with Crippen LogP contribution < -0.4 is 5.32 Å². The Kier molecular flexibility index (Phi) is 5.36. The van der Waals surface area contributed by atoms with Crippen LogP contribution in [0.15, 0.2) is 34.8 Å². The van der Waals surface area contributed by atoms with Gasteiger partial charge >= 0.3 is 5.97 Å². The molecular weight excluding hydrogens is 299 g/mol. The molecule has 1 aliphatic rings. The number of carbonyl (C=O) groups is 1. The highest BCUT2D eigenvalue weighted by atomic mass is 19.1. The molecular formula is C17H21FN2O3. The average molecular weight is 320 g/mol. The maximum absolute atomic E-state index is 13.2. The van der Waals surface area contributed by atoms with Crippen LogP contribution in [-0.2, 0) is 14.3 Å². The number of aliphatic imine (C=N–C) groups is 1. The molecule has 1 unspecified atom stereocenters. The Hall–Kier alpha value is -2.37. The second-order valence-corrected chi connectivity index (χ2v) is 5.47. The van der Waals surface area contributed by atoms with E-state index in [0.29, 0.717) is 22.9 Å². The van der Waals surface area contributed by atoms with E-state index < -0.39 is 12.0 Å². The van der Waals surface area contributed by atoms with Crippen molar-refractivity contribution in [1.82, 2.24) is 5.32 Å². The molecule has 1 atom stereocenters. The summed E-state index contributed by atoms with van der Waals surface area (Å²) in [7, 11) is 1.50. The fourth-order valence-corrected chi connectivity index (χ4v) is 2.41. The highest BCUT2D eigenvalue weighted by Crippen LogP contribution is 2.29. The average Bonchev–Trinajstić information content (AvgIpc) is 2.54. The fourth-order valence-electron chi connectivity index (χ4n) is 2.41. The van der Waals surface area contributed by atoms with Gasteiger partial charge < -0.3 is 14.8 Å². The van der Waals surface area contributed by atoms with Crippen LogP contribution >= 0.6 is 0 Å². The molecule has 0 radical (unpaired) electrons. The zero-order valence-corrected chi connectivity index (χ0v) is 13.7. The summed E-state index contributed by atoms with van der Waals surface area (Å²) in [5.74, 6) is -0.710. The zero-order chi connectivity index (χ0) is 17.0. The summed E-state index contributed by atoms with van der Waals surface area (Å²) in [5, 5.41) is 3.00. The Balaban J connectivity index is 2.57. The van der Waals surface area contributed by atoms with Crippen molar-refractivity contribution >= 4 is 17.7 Å². The van der Waals surface area contributed by atoms with Crippen LogP contribution in [-0.4, -0.2) is 31.7 Å². The molecule has 0 amide bonds. The highest BCUT2D eigenvalue weighted by Gasteiger charge is 2.33. The first-order chi connectivity index (χ1) is 11.0. The van der Waals surface area contributed by atoms with Gasteiger partial charge in [0.1, 0.15) is 5.82 Å². The van der Waals surface area contributed by atoms with Crippen LogP contribution in [0.5, 0.6) is 0 Å². The van der Waals surface area contributed by atoms with Crippen molar-refractivity contribution in [3.8, 4) is 0 Å². The van der Waals surface area contributed by atoms with E-state index in [0.717, 1.165) is 0 Å². The number of amidine groups is 1. The van der Waals surface area contributed by atoms with Crippen LogP contribution in [0, 0.1) is 11.7 Å². The smallest absolute Gasteiger partial charge is 0.338 e. The van der Waals surface area contributed by atoms with Gasteiger partial charge in [0.05, 0.1) is 31.0 Å². The number of hydrogen-bond acceptors (Lipinski definition) is 5. The van der Waals surface area contributed by atoms with Crippen molar-refractivity contribution in [2.24, 2.45) is 10.9 Å². The number of carbonyl (C=O) groups excluding carboxylic acids is 1. The lowest BCUT2D eigenvalue weighted by Crippen LogP contribution is -2.38. The lowest BCUT2D eigenvalue weighted by atomic mass is 9.91. The molecule has 5 nitrogen and oxygen atoms in total. The summed E-state index contributed by atoms with van der Waals surface area (Å²) in [6, 6.07) is 5.81. The normalized spacial score (nSPS) is 17.7. The van der Waals surface area contributed by atoms with E-state index in [4.69, 9.17) is 9.47 Å². The summed E-state index contributed by atoms with van der Waals surface area (Å²) < 4.78 is 23.6. The molecule has 1 aromatic carbocycles. The molecule has 1 N–H and O–H groups in total. The van der Waals surface area contributed by atoms with E-state index in [9.17, 15) is 9.18 Å². The molecule has 1 aromatic rings. The van der Waals surface area contributed by atoms with Crippen molar-refractivity contribution in [1.29, 1.82) is 0 Å². The van der Waals surface area contributed by atoms with Crippen molar-refractivity contribution in [2.45, 2.75) is 26.8 Å². The highest BCUT2D eigenvalue weighted by molar-refractivity contribution is 6.03. The summed E-state index contributed by atoms with van der Waals surface area (Å²) >= 11 is 0. The molecule has 0 aliphatic carbocycles. The van der Waals surface area contributed by atoms with Crippen molar-refractivity contribution in [3.05, 3.63) is 41.2 Å². The lowest BCUT2D eigenvalue weighted by molar-refractivity contribution is -0.138. The molecule has 124 valence electrons. The zero-order valence-electron chi connectivity index (χ0n) is 13.7. The Morgan fingerprint density at radius 3 is 2.52 bits per heavy atom. The first-order valence-electron chi connectivity index (χ1n) is 7.54. The number of halogens is 1. The van der Waals surface area contributed by atoms with Crippen LogP contribution in [0.25, 0.3) is 5.70 Å². The maximum Gasteiger partial charge on any atom is 0.338 e. The number of nitrogens with zero attached hydrogens (tertiary/aromatic N) is 1. The number of nitrogens with one attached hydrogen (secondary N) is 1. The number of methoxy groups -OCH3 is 1. The van der Waals surface area contributed by atoms with Crippen molar-refractivity contribution in [2.75, 3.05) is 13.7 Å². The van der Waals surface area contributed by atoms with Gasteiger partial charge in [-0.25, -0.2) is 14.2 Å². The summed E-state index contributed by atoms with van der Waals surface area (Å²) in [6.07, 6.45) is 0. The monoisotopic (exact) mass is 320 g/mol. The molecule has 0 spiro atoms. The van der Waals surface area contributed by atoms with Gasteiger partial charge in [-0.2, -0.15) is 0 Å². The lowest BCUT2D eigenvalue weighted by Gasteiger charge is -2.28. The second-order valence-electron chi connectivity index (χ2n) is 5.47. The minimum absolute atomic E-state index is 0.0668. The van der Waals surface area contributed by atoms with E-state index in [-0.39, 0.29) is 18.3 Å². The quantitative estimate of drug-likeness (QED) is 0.867. The third-order valence-electron chi connectivity index (χ3n) is 3.51. The van der Waals surface area contributed by atoms with Gasteiger partial charge in [-0.05, 0) is 42.7 Å². The number of rotatable bonds is 4. The third-order valence-corrected chi connectivity index (χ3v) is 3.51. The molecule has 23 heavy (non-hydrogen) atoms. The van der Waals surface area contributed by atoms with E-state index in [1.807, 2.05) is 13.8 Å². The molecule has 0 saturated carbocycles. The maximum atomic E-state index is 13.2. The van der Waals surface area contributed by atoms with Crippen molar-refractivity contribution < 1.29 is 18.7 Å². The Bertz CT molecular complexity index is 636. The molecule has 0 saturated heterocycles. The van der Waals surface area contributed by atoms with Crippen LogP contribution in [0.2, 0.25) is 0 Å². The molecule has 2 rings (SSSR count). The molecule has 1 heterocycles. The third kappa shape index (κ3) is 3.70. The summed E-state index contributed by atoms with van der Waals surface area (Å²) in [6.45, 7) is 5.95. The molecule has 0 fully saturated rings. The first kappa shape index (κ1) is 17.0. The standard InChI is InChI=1S/C17H21FN2O3/c1-5-23-16(21)13-14(10(2)3)19-17(22-4)20-15(13)11-6-8-12(18)9-7-11/h6-10,14H,5H2,1-4H3,(H,19,20). The predicted molar refractivity (Wildman–Crippen MR) is 86.2 cm³/mol. The Labute approximate surface area is 135 Å². The second kappa shape index (κ2) is 7.26. The fraction of sp³-hybridized carbons (Fsp3) is 0.412. The number of esters is 1. The van der Waals surface area contributed by atoms with Crippen LogP contribution in [0.1, 0.15) is 26.3 Å². The first-order valence-corrected chi connectivity index (χ1v) is 7.54. The number of hydrogen-bond donors (Lipinski definition) is 1. The van der Waals surface area contributed by atoms with Gasteiger partial charge in [-0.3, -0.25) is 0 Å². The van der Waals surface area contributed by atoms with E-state index in [2.05, 4.69) is 10.3 Å². The van der Waals surface area contributed by atoms with Gasteiger partial charge in [-0.15, -0.1) is 0 Å². The summed E-state index contributed by atoms with van der Waals surface area (Å²) in [5.41, 5.74) is 1.63. The van der Waals surface area contributed by atoms with Gasteiger partial charge in [0.15, 0.2) is 0 Å². The van der Waals surface area contributed by atoms with Crippen molar-refractivity contribution in [3.63, 3.8) is 0 Å². The van der Waals surface area contributed by atoms with Gasteiger partial charge in [-0.1, -0.05) is 13.8 Å². The summed E-state index contributed by atoms with van der Waals surface area (Å²) in [4.78, 5) is 16.9. The Morgan fingerprint density at radius 2 is 2.00 bits per heavy atom. The predicted octanol–water partition coefficient (Wildman–Crippen LogP) is 2.73. The Morgan fingerprint density at radius 1 is 1.35 bits per heavy atom. The van der Waals surface area contributed by atoms with Gasteiger partial charge in [0, 0.05) is 0 Å². The minimum Gasteiger partial charge on any atom is -0.468 e. The minimum atomic E-state index is -0.433. The van der Waals surface area contributed by atoms with Crippen LogP contribution in [0.4, 0.5) is 4.39 Å². The van der Waals surface area contributed by atoms with E-state index in [1.165, 1.54) is 19.2 Å². The largest absolute Gasteiger partial charge is 0.468 e. The number of ether oxygens (including phenoxy) is 2.